The minimum absolute atomic E-state index is 0.0263. The molecule has 90 valence electrons. The van der Waals surface area contributed by atoms with Gasteiger partial charge in [-0.2, -0.15) is 0 Å². The van der Waals surface area contributed by atoms with E-state index in [2.05, 4.69) is 18.4 Å². The molecule has 0 fully saturated rings. The van der Waals surface area contributed by atoms with Crippen LogP contribution in [0.25, 0.3) is 6.08 Å². The highest BCUT2D eigenvalue weighted by molar-refractivity contribution is 5.57. The van der Waals surface area contributed by atoms with Crippen LogP contribution in [0.3, 0.4) is 0 Å². The summed E-state index contributed by atoms with van der Waals surface area (Å²) in [5, 5.41) is 0. The molecule has 0 saturated heterocycles. The van der Waals surface area contributed by atoms with Crippen molar-refractivity contribution >= 4 is 6.08 Å². The van der Waals surface area contributed by atoms with Gasteiger partial charge in [0.2, 0.25) is 0 Å². The summed E-state index contributed by atoms with van der Waals surface area (Å²) in [4.78, 5) is 0. The summed E-state index contributed by atoms with van der Waals surface area (Å²) in [5.41, 5.74) is 3.79. The van der Waals surface area contributed by atoms with Gasteiger partial charge in [-0.3, -0.25) is 0 Å². The first-order valence-corrected chi connectivity index (χ1v) is 5.50. The van der Waals surface area contributed by atoms with E-state index in [4.69, 9.17) is 9.47 Å². The van der Waals surface area contributed by atoms with Crippen molar-refractivity contribution in [3.8, 4) is 5.75 Å². The third-order valence-electron chi connectivity index (χ3n) is 2.41. The van der Waals surface area contributed by atoms with Gasteiger partial charge in [0.05, 0.1) is 13.2 Å². The fraction of sp³-hybridized carbons (Fsp3) is 0.267. The van der Waals surface area contributed by atoms with Crippen LogP contribution in [0.2, 0.25) is 0 Å². The van der Waals surface area contributed by atoms with Crippen LogP contribution in [0, 0.1) is 0 Å². The average molecular weight is 230 g/mol. The molecule has 0 bridgehead atoms. The summed E-state index contributed by atoms with van der Waals surface area (Å²) in [7, 11) is 3.35. The molecule has 1 aromatic carbocycles. The van der Waals surface area contributed by atoms with Crippen molar-refractivity contribution in [2.24, 2.45) is 0 Å². The standard InChI is InChI=1S/C15H18O2/c1-4-8-14(16-2)11-7-10-13-9-5-6-12-15(13)17-3/h5-10,12,14H,1,11H2,2-3H3/b10-7+. The zero-order valence-corrected chi connectivity index (χ0v) is 10.3. The van der Waals surface area contributed by atoms with Crippen molar-refractivity contribution in [1.82, 2.24) is 0 Å². The van der Waals surface area contributed by atoms with Gasteiger partial charge >= 0.3 is 0 Å². The Balaban J connectivity index is 2.67. The molecule has 0 aliphatic carbocycles. The maximum Gasteiger partial charge on any atom is 0.126 e. The lowest BCUT2D eigenvalue weighted by molar-refractivity contribution is 0.144. The molecule has 0 N–H and O–H groups in total. The van der Waals surface area contributed by atoms with E-state index in [1.807, 2.05) is 36.4 Å². The number of benzene rings is 1. The van der Waals surface area contributed by atoms with Crippen molar-refractivity contribution in [3.63, 3.8) is 0 Å². The van der Waals surface area contributed by atoms with Crippen molar-refractivity contribution in [2.75, 3.05) is 14.2 Å². The van der Waals surface area contributed by atoms with Crippen molar-refractivity contribution < 1.29 is 9.47 Å². The van der Waals surface area contributed by atoms with E-state index in [9.17, 15) is 0 Å². The summed E-state index contributed by atoms with van der Waals surface area (Å²) in [5.74, 6) is 0.872. The number of hydrogen-bond acceptors (Lipinski definition) is 2. The van der Waals surface area contributed by atoms with E-state index in [1.54, 1.807) is 14.2 Å². The lowest BCUT2D eigenvalue weighted by Crippen LogP contribution is -2.03. The first-order valence-electron chi connectivity index (χ1n) is 5.50. The van der Waals surface area contributed by atoms with Gasteiger partial charge in [0.25, 0.3) is 0 Å². The molecule has 1 rings (SSSR count). The van der Waals surface area contributed by atoms with Gasteiger partial charge in [-0.25, -0.2) is 0 Å². The molecule has 0 aliphatic heterocycles. The molecule has 0 amide bonds. The molecule has 1 aromatic rings. The normalized spacial score (nSPS) is 12.1. The van der Waals surface area contributed by atoms with E-state index >= 15 is 0 Å². The van der Waals surface area contributed by atoms with Gasteiger partial charge in [-0.15, -0.1) is 5.73 Å². The van der Waals surface area contributed by atoms with Gasteiger partial charge in [0.1, 0.15) is 5.75 Å². The highest BCUT2D eigenvalue weighted by Gasteiger charge is 2.00. The van der Waals surface area contributed by atoms with E-state index in [-0.39, 0.29) is 6.10 Å². The van der Waals surface area contributed by atoms with Crippen LogP contribution >= 0.6 is 0 Å². The maximum absolute atomic E-state index is 5.26. The Labute approximate surface area is 103 Å². The number of para-hydroxylation sites is 1. The second-order valence-corrected chi connectivity index (χ2v) is 3.52. The van der Waals surface area contributed by atoms with Crippen LogP contribution in [-0.2, 0) is 4.74 Å². The molecule has 1 unspecified atom stereocenters. The maximum atomic E-state index is 5.26. The van der Waals surface area contributed by atoms with Gasteiger partial charge in [-0.1, -0.05) is 36.9 Å². The summed E-state index contributed by atoms with van der Waals surface area (Å²) >= 11 is 0. The second-order valence-electron chi connectivity index (χ2n) is 3.52. The molecule has 0 heterocycles. The van der Waals surface area contributed by atoms with Crippen molar-refractivity contribution in [2.45, 2.75) is 12.5 Å². The molecule has 2 heteroatoms. The largest absolute Gasteiger partial charge is 0.496 e. The van der Waals surface area contributed by atoms with E-state index in [0.717, 1.165) is 17.7 Å². The Kier molecular flexibility index (Phi) is 5.87. The minimum Gasteiger partial charge on any atom is -0.496 e. The third kappa shape index (κ3) is 4.31. The summed E-state index contributed by atoms with van der Waals surface area (Å²) in [6, 6.07) is 7.89. The topological polar surface area (TPSA) is 18.5 Å². The Morgan fingerprint density at radius 3 is 2.76 bits per heavy atom. The number of hydrogen-bond donors (Lipinski definition) is 0. The Hall–Kier alpha value is -1.76. The Morgan fingerprint density at radius 1 is 1.35 bits per heavy atom. The summed E-state index contributed by atoms with van der Waals surface area (Å²) in [6.07, 6.45) is 6.71. The molecule has 0 aromatic heterocycles. The highest BCUT2D eigenvalue weighted by Crippen LogP contribution is 2.19. The predicted molar refractivity (Wildman–Crippen MR) is 71.2 cm³/mol. The molecular weight excluding hydrogens is 212 g/mol. The van der Waals surface area contributed by atoms with Crippen LogP contribution in [-0.4, -0.2) is 20.3 Å². The first-order chi connectivity index (χ1) is 8.31. The molecule has 0 aliphatic rings. The third-order valence-corrected chi connectivity index (χ3v) is 2.41. The van der Waals surface area contributed by atoms with Crippen LogP contribution in [0.1, 0.15) is 12.0 Å². The van der Waals surface area contributed by atoms with Crippen LogP contribution in [0.4, 0.5) is 0 Å². The Morgan fingerprint density at radius 2 is 2.12 bits per heavy atom. The van der Waals surface area contributed by atoms with Gasteiger partial charge in [0.15, 0.2) is 0 Å². The molecule has 0 radical (unpaired) electrons. The predicted octanol–water partition coefficient (Wildman–Crippen LogP) is 3.45. The van der Waals surface area contributed by atoms with Crippen molar-refractivity contribution in [3.05, 3.63) is 54.3 Å². The fourth-order valence-electron chi connectivity index (χ4n) is 1.50. The van der Waals surface area contributed by atoms with Crippen LogP contribution in [0.15, 0.2) is 48.7 Å². The molecular formula is C15H18O2. The highest BCUT2D eigenvalue weighted by atomic mass is 16.5. The van der Waals surface area contributed by atoms with E-state index < -0.39 is 0 Å². The van der Waals surface area contributed by atoms with Crippen LogP contribution in [0.5, 0.6) is 5.75 Å². The number of methoxy groups -OCH3 is 2. The number of ether oxygens (including phenoxy) is 2. The quantitative estimate of drug-likeness (QED) is 0.697. The number of rotatable bonds is 6. The van der Waals surface area contributed by atoms with Crippen molar-refractivity contribution in [1.29, 1.82) is 0 Å². The molecule has 1 atom stereocenters. The zero-order chi connectivity index (χ0) is 12.5. The smallest absolute Gasteiger partial charge is 0.126 e. The van der Waals surface area contributed by atoms with E-state index in [1.165, 1.54) is 0 Å². The summed E-state index contributed by atoms with van der Waals surface area (Å²) in [6.45, 7) is 3.54. The molecule has 2 nitrogen and oxygen atoms in total. The minimum atomic E-state index is 0.0263. The average Bonchev–Trinajstić information content (AvgIpc) is 2.38. The lowest BCUT2D eigenvalue weighted by Gasteiger charge is -2.06. The molecule has 0 saturated carbocycles. The summed E-state index contributed by atoms with van der Waals surface area (Å²) < 4.78 is 10.5. The fourth-order valence-corrected chi connectivity index (χ4v) is 1.50. The van der Waals surface area contributed by atoms with E-state index in [0.29, 0.717) is 0 Å². The van der Waals surface area contributed by atoms with Gasteiger partial charge in [0, 0.05) is 12.7 Å². The SMILES string of the molecule is C=C=CC(C/C=C/c1ccccc1OC)OC. The van der Waals surface area contributed by atoms with Gasteiger partial charge in [-0.05, 0) is 18.6 Å². The first kappa shape index (κ1) is 13.3. The molecule has 17 heavy (non-hydrogen) atoms. The van der Waals surface area contributed by atoms with Crippen LogP contribution < -0.4 is 4.74 Å². The zero-order valence-electron chi connectivity index (χ0n) is 10.3. The monoisotopic (exact) mass is 230 g/mol. The molecule has 0 spiro atoms. The van der Waals surface area contributed by atoms with Gasteiger partial charge < -0.3 is 9.47 Å². The lowest BCUT2D eigenvalue weighted by atomic mass is 10.1. The Bertz CT molecular complexity index is 415. The second kappa shape index (κ2) is 7.50.